The monoisotopic (exact) mass is 270 g/mol. The Labute approximate surface area is 115 Å². The van der Waals surface area contributed by atoms with Crippen molar-refractivity contribution in [3.63, 3.8) is 0 Å². The molecule has 1 N–H and O–H groups in total. The van der Waals surface area contributed by atoms with E-state index in [-0.39, 0.29) is 6.04 Å². The smallest absolute Gasteiger partial charge is 0.320 e. The summed E-state index contributed by atoms with van der Waals surface area (Å²) in [4.78, 5) is 15.6. The summed E-state index contributed by atoms with van der Waals surface area (Å²) in [5.74, 6) is -0.714. The van der Waals surface area contributed by atoms with Gasteiger partial charge in [-0.25, -0.2) is 0 Å². The Kier molecular flexibility index (Phi) is 5.19. The Hall–Kier alpha value is -0.650. The lowest BCUT2D eigenvalue weighted by Gasteiger charge is -2.42. The van der Waals surface area contributed by atoms with E-state index >= 15 is 0 Å². The number of hydrogen-bond acceptors (Lipinski definition) is 4. The van der Waals surface area contributed by atoms with Crippen molar-refractivity contribution in [2.24, 2.45) is 0 Å². The molecule has 5 heteroatoms. The van der Waals surface area contributed by atoms with Crippen LogP contribution in [0.3, 0.4) is 0 Å². The van der Waals surface area contributed by atoms with E-state index in [9.17, 15) is 4.79 Å². The van der Waals surface area contributed by atoms with Crippen molar-refractivity contribution in [2.75, 3.05) is 33.3 Å². The fourth-order valence-electron chi connectivity index (χ4n) is 3.29. The largest absolute Gasteiger partial charge is 0.480 e. The Bertz CT molecular complexity index is 295. The first-order chi connectivity index (χ1) is 9.11. The minimum absolute atomic E-state index is 0.355. The Morgan fingerprint density at radius 1 is 1.16 bits per heavy atom. The second kappa shape index (κ2) is 6.68. The van der Waals surface area contributed by atoms with Crippen LogP contribution in [0.4, 0.5) is 0 Å². The van der Waals surface area contributed by atoms with Gasteiger partial charge in [0.25, 0.3) is 0 Å². The molecule has 5 nitrogen and oxygen atoms in total. The Morgan fingerprint density at radius 2 is 1.74 bits per heavy atom. The van der Waals surface area contributed by atoms with Gasteiger partial charge in [-0.15, -0.1) is 0 Å². The number of nitrogens with zero attached hydrogens (tertiary/aromatic N) is 2. The number of carboxylic acid groups (broad SMARTS) is 1. The molecule has 0 aromatic rings. The summed E-state index contributed by atoms with van der Waals surface area (Å²) in [5, 5.41) is 9.04. The fourth-order valence-corrected chi connectivity index (χ4v) is 3.29. The standard InChI is InChI=1S/C14H26N2O3/c1-11(14(17)18)15-7-9-16(10-8-15)12-3-5-13(19-2)6-4-12/h11-13H,3-10H2,1-2H3,(H,17,18). The summed E-state index contributed by atoms with van der Waals surface area (Å²) in [6.45, 7) is 5.52. The average Bonchev–Trinajstić information content (AvgIpc) is 2.46. The minimum atomic E-state index is -0.714. The normalized spacial score (nSPS) is 32.1. The maximum absolute atomic E-state index is 11.0. The highest BCUT2D eigenvalue weighted by Crippen LogP contribution is 2.25. The predicted octanol–water partition coefficient (Wildman–Crippen LogP) is 1.03. The summed E-state index contributed by atoms with van der Waals surface area (Å²) >= 11 is 0. The third-order valence-electron chi connectivity index (χ3n) is 4.75. The van der Waals surface area contributed by atoms with Crippen LogP contribution in [0, 0.1) is 0 Å². The lowest BCUT2D eigenvalue weighted by atomic mass is 9.91. The molecule has 19 heavy (non-hydrogen) atoms. The zero-order chi connectivity index (χ0) is 13.8. The summed E-state index contributed by atoms with van der Waals surface area (Å²) in [6.07, 6.45) is 5.20. The van der Waals surface area contributed by atoms with Crippen molar-refractivity contribution in [1.82, 2.24) is 9.80 Å². The lowest BCUT2D eigenvalue weighted by molar-refractivity contribution is -0.143. The number of carbonyl (C=O) groups is 1. The highest BCUT2D eigenvalue weighted by atomic mass is 16.5. The molecule has 2 fully saturated rings. The van der Waals surface area contributed by atoms with E-state index in [1.165, 1.54) is 12.8 Å². The minimum Gasteiger partial charge on any atom is -0.480 e. The second-order valence-corrected chi connectivity index (χ2v) is 5.75. The van der Waals surface area contributed by atoms with Crippen LogP contribution < -0.4 is 0 Å². The molecule has 1 saturated heterocycles. The van der Waals surface area contributed by atoms with Gasteiger partial charge in [0, 0.05) is 39.3 Å². The molecule has 2 rings (SSSR count). The van der Waals surface area contributed by atoms with E-state index in [1.54, 1.807) is 14.0 Å². The van der Waals surface area contributed by atoms with Crippen LogP contribution >= 0.6 is 0 Å². The van der Waals surface area contributed by atoms with Crippen LogP contribution in [-0.4, -0.2) is 72.4 Å². The summed E-state index contributed by atoms with van der Waals surface area (Å²) in [7, 11) is 1.80. The first kappa shape index (κ1) is 14.8. The van der Waals surface area contributed by atoms with Crippen molar-refractivity contribution >= 4 is 5.97 Å². The van der Waals surface area contributed by atoms with Crippen LogP contribution in [0.25, 0.3) is 0 Å². The zero-order valence-electron chi connectivity index (χ0n) is 12.0. The molecule has 1 saturated carbocycles. The van der Waals surface area contributed by atoms with E-state index < -0.39 is 5.97 Å². The molecule has 0 amide bonds. The van der Waals surface area contributed by atoms with Crippen LogP contribution in [0.15, 0.2) is 0 Å². The van der Waals surface area contributed by atoms with E-state index in [0.29, 0.717) is 12.1 Å². The van der Waals surface area contributed by atoms with E-state index in [1.807, 2.05) is 0 Å². The molecule has 1 atom stereocenters. The SMILES string of the molecule is COC1CCC(N2CCN(C(C)C(=O)O)CC2)CC1. The topological polar surface area (TPSA) is 53.0 Å². The van der Waals surface area contributed by atoms with Gasteiger partial charge in [-0.3, -0.25) is 14.6 Å². The fraction of sp³-hybridized carbons (Fsp3) is 0.929. The number of methoxy groups -OCH3 is 1. The number of piperazine rings is 1. The number of ether oxygens (including phenoxy) is 1. The first-order valence-electron chi connectivity index (χ1n) is 7.35. The van der Waals surface area contributed by atoms with E-state index in [0.717, 1.165) is 39.0 Å². The summed E-state index contributed by atoms with van der Waals surface area (Å²) < 4.78 is 5.41. The van der Waals surface area contributed by atoms with Crippen molar-refractivity contribution in [1.29, 1.82) is 0 Å². The molecule has 1 aliphatic heterocycles. The van der Waals surface area contributed by atoms with Crippen LogP contribution in [0.2, 0.25) is 0 Å². The first-order valence-corrected chi connectivity index (χ1v) is 7.35. The maximum Gasteiger partial charge on any atom is 0.320 e. The van der Waals surface area contributed by atoms with Crippen molar-refractivity contribution in [3.8, 4) is 0 Å². The van der Waals surface area contributed by atoms with E-state index in [2.05, 4.69) is 9.80 Å². The van der Waals surface area contributed by atoms with Gasteiger partial charge in [0.15, 0.2) is 0 Å². The van der Waals surface area contributed by atoms with Gasteiger partial charge in [-0.1, -0.05) is 0 Å². The van der Waals surface area contributed by atoms with Gasteiger partial charge < -0.3 is 9.84 Å². The van der Waals surface area contributed by atoms with Gasteiger partial charge in [0.05, 0.1) is 6.10 Å². The van der Waals surface area contributed by atoms with Gasteiger partial charge in [-0.05, 0) is 32.6 Å². The van der Waals surface area contributed by atoms with Crippen LogP contribution in [-0.2, 0) is 9.53 Å². The quantitative estimate of drug-likeness (QED) is 0.827. The van der Waals surface area contributed by atoms with Crippen LogP contribution in [0.1, 0.15) is 32.6 Å². The highest BCUT2D eigenvalue weighted by Gasteiger charge is 2.30. The average molecular weight is 270 g/mol. The number of aliphatic carboxylic acids is 1. The van der Waals surface area contributed by atoms with Gasteiger partial charge in [0.1, 0.15) is 6.04 Å². The number of carboxylic acids is 1. The van der Waals surface area contributed by atoms with Crippen molar-refractivity contribution < 1.29 is 14.6 Å². The highest BCUT2D eigenvalue weighted by molar-refractivity contribution is 5.72. The molecular weight excluding hydrogens is 244 g/mol. The molecule has 0 bridgehead atoms. The number of rotatable bonds is 4. The van der Waals surface area contributed by atoms with Gasteiger partial charge >= 0.3 is 5.97 Å². The van der Waals surface area contributed by atoms with Crippen LogP contribution in [0.5, 0.6) is 0 Å². The molecule has 1 unspecified atom stereocenters. The third kappa shape index (κ3) is 3.68. The molecule has 0 radical (unpaired) electrons. The molecule has 0 spiro atoms. The molecule has 1 aliphatic carbocycles. The third-order valence-corrected chi connectivity index (χ3v) is 4.75. The van der Waals surface area contributed by atoms with E-state index in [4.69, 9.17) is 9.84 Å². The lowest BCUT2D eigenvalue weighted by Crippen LogP contribution is -2.54. The van der Waals surface area contributed by atoms with Gasteiger partial charge in [0.2, 0.25) is 0 Å². The Balaban J connectivity index is 1.76. The Morgan fingerprint density at radius 3 is 2.21 bits per heavy atom. The maximum atomic E-state index is 11.0. The second-order valence-electron chi connectivity index (χ2n) is 5.75. The molecular formula is C14H26N2O3. The molecule has 1 heterocycles. The molecule has 110 valence electrons. The van der Waals surface area contributed by atoms with Crippen molar-refractivity contribution in [3.05, 3.63) is 0 Å². The molecule has 0 aromatic heterocycles. The summed E-state index contributed by atoms with van der Waals surface area (Å²) in [6, 6.07) is 0.320. The zero-order valence-corrected chi connectivity index (χ0v) is 12.0. The summed E-state index contributed by atoms with van der Waals surface area (Å²) in [5.41, 5.74) is 0. The van der Waals surface area contributed by atoms with Gasteiger partial charge in [-0.2, -0.15) is 0 Å². The van der Waals surface area contributed by atoms with Crippen molar-refractivity contribution in [2.45, 2.75) is 50.8 Å². The predicted molar refractivity (Wildman–Crippen MR) is 73.3 cm³/mol. The molecule has 0 aromatic carbocycles. The number of hydrogen-bond donors (Lipinski definition) is 1. The molecule has 2 aliphatic rings.